The average molecular weight is 289 g/mol. The standard InChI is InChI=1S/C16H23N3O2/c1-12(16(21)19-10-6-3-7-11-19)18-15(20)14(17)13-8-4-2-5-9-13/h2,4-5,8-9,12,14H,3,6-7,10-11,17H2,1H3,(H,18,20)/t12?,14-/m0/s1. The lowest BCUT2D eigenvalue weighted by molar-refractivity contribution is -0.137. The Hall–Kier alpha value is -1.88. The van der Waals surface area contributed by atoms with Crippen molar-refractivity contribution in [1.82, 2.24) is 10.2 Å². The van der Waals surface area contributed by atoms with Crippen molar-refractivity contribution in [2.24, 2.45) is 5.73 Å². The van der Waals surface area contributed by atoms with E-state index in [0.29, 0.717) is 0 Å². The fraction of sp³-hybridized carbons (Fsp3) is 0.500. The topological polar surface area (TPSA) is 75.4 Å². The maximum Gasteiger partial charge on any atom is 0.244 e. The van der Waals surface area contributed by atoms with E-state index in [1.165, 1.54) is 6.42 Å². The molecule has 5 nitrogen and oxygen atoms in total. The zero-order valence-electron chi connectivity index (χ0n) is 12.4. The Morgan fingerprint density at radius 3 is 2.38 bits per heavy atom. The van der Waals surface area contributed by atoms with E-state index >= 15 is 0 Å². The molecule has 1 saturated heterocycles. The van der Waals surface area contributed by atoms with E-state index in [-0.39, 0.29) is 11.8 Å². The molecule has 21 heavy (non-hydrogen) atoms. The van der Waals surface area contributed by atoms with Crippen molar-refractivity contribution in [3.8, 4) is 0 Å². The number of benzene rings is 1. The van der Waals surface area contributed by atoms with E-state index in [2.05, 4.69) is 5.32 Å². The smallest absolute Gasteiger partial charge is 0.244 e. The average Bonchev–Trinajstić information content (AvgIpc) is 2.55. The van der Waals surface area contributed by atoms with E-state index in [0.717, 1.165) is 31.5 Å². The van der Waals surface area contributed by atoms with Crippen molar-refractivity contribution in [3.05, 3.63) is 35.9 Å². The van der Waals surface area contributed by atoms with Crippen LogP contribution in [0.25, 0.3) is 0 Å². The molecule has 0 spiro atoms. The Kier molecular flexibility index (Phi) is 5.33. The number of rotatable bonds is 4. The van der Waals surface area contributed by atoms with Gasteiger partial charge in [0.15, 0.2) is 0 Å². The van der Waals surface area contributed by atoms with Gasteiger partial charge in [-0.15, -0.1) is 0 Å². The number of piperidine rings is 1. The third kappa shape index (κ3) is 4.04. The minimum absolute atomic E-state index is 0.0247. The molecule has 0 aliphatic carbocycles. The zero-order chi connectivity index (χ0) is 15.2. The Bertz CT molecular complexity index is 484. The first-order valence-electron chi connectivity index (χ1n) is 7.49. The molecule has 2 atom stereocenters. The highest BCUT2D eigenvalue weighted by Crippen LogP contribution is 2.12. The Morgan fingerprint density at radius 1 is 1.14 bits per heavy atom. The predicted molar refractivity (Wildman–Crippen MR) is 81.4 cm³/mol. The minimum atomic E-state index is -0.747. The molecule has 1 aromatic rings. The maximum atomic E-state index is 12.3. The summed E-state index contributed by atoms with van der Waals surface area (Å²) in [4.78, 5) is 26.2. The molecule has 1 aliphatic rings. The molecular weight excluding hydrogens is 266 g/mol. The molecule has 2 amide bonds. The van der Waals surface area contributed by atoms with Crippen molar-refractivity contribution in [2.45, 2.75) is 38.3 Å². The quantitative estimate of drug-likeness (QED) is 0.874. The van der Waals surface area contributed by atoms with Gasteiger partial charge in [-0.2, -0.15) is 0 Å². The van der Waals surface area contributed by atoms with E-state index in [9.17, 15) is 9.59 Å². The summed E-state index contributed by atoms with van der Waals surface area (Å²) >= 11 is 0. The fourth-order valence-electron chi connectivity index (χ4n) is 2.56. The molecule has 1 aliphatic heterocycles. The number of likely N-dealkylation sites (tertiary alicyclic amines) is 1. The second-order valence-electron chi connectivity index (χ2n) is 5.50. The minimum Gasteiger partial charge on any atom is -0.343 e. The van der Waals surface area contributed by atoms with E-state index in [4.69, 9.17) is 5.73 Å². The van der Waals surface area contributed by atoms with Crippen LogP contribution >= 0.6 is 0 Å². The molecule has 1 fully saturated rings. The molecule has 0 bridgehead atoms. The van der Waals surface area contributed by atoms with Gasteiger partial charge >= 0.3 is 0 Å². The number of hydrogen-bond acceptors (Lipinski definition) is 3. The lowest BCUT2D eigenvalue weighted by atomic mass is 10.1. The van der Waals surface area contributed by atoms with Crippen molar-refractivity contribution in [3.63, 3.8) is 0 Å². The number of carbonyl (C=O) groups is 2. The van der Waals surface area contributed by atoms with E-state index in [1.807, 2.05) is 23.1 Å². The van der Waals surface area contributed by atoms with Gasteiger partial charge in [-0.1, -0.05) is 30.3 Å². The van der Waals surface area contributed by atoms with Crippen molar-refractivity contribution in [2.75, 3.05) is 13.1 Å². The third-order valence-corrected chi connectivity index (χ3v) is 3.84. The Morgan fingerprint density at radius 2 is 1.76 bits per heavy atom. The summed E-state index contributed by atoms with van der Waals surface area (Å²) in [5, 5.41) is 2.72. The van der Waals surface area contributed by atoms with Gasteiger partial charge in [0.25, 0.3) is 0 Å². The molecule has 114 valence electrons. The summed E-state index contributed by atoms with van der Waals surface area (Å²) in [6, 6.07) is 7.88. The van der Waals surface area contributed by atoms with Crippen LogP contribution in [-0.4, -0.2) is 35.8 Å². The number of nitrogens with zero attached hydrogens (tertiary/aromatic N) is 1. The van der Waals surface area contributed by atoms with Crippen LogP contribution in [0.5, 0.6) is 0 Å². The Labute approximate surface area is 125 Å². The summed E-state index contributed by atoms with van der Waals surface area (Å²) in [7, 11) is 0. The van der Waals surface area contributed by atoms with Crippen molar-refractivity contribution in [1.29, 1.82) is 0 Å². The molecule has 5 heteroatoms. The van der Waals surface area contributed by atoms with Gasteiger partial charge in [-0.25, -0.2) is 0 Å². The van der Waals surface area contributed by atoms with Gasteiger partial charge < -0.3 is 16.0 Å². The zero-order valence-corrected chi connectivity index (χ0v) is 12.4. The van der Waals surface area contributed by atoms with Crippen molar-refractivity contribution >= 4 is 11.8 Å². The van der Waals surface area contributed by atoms with Gasteiger partial charge in [0.2, 0.25) is 11.8 Å². The van der Waals surface area contributed by atoms with Crippen LogP contribution in [0.4, 0.5) is 0 Å². The number of hydrogen-bond donors (Lipinski definition) is 2. The van der Waals surface area contributed by atoms with E-state index < -0.39 is 12.1 Å². The largest absolute Gasteiger partial charge is 0.343 e. The first kappa shape index (κ1) is 15.5. The number of carbonyl (C=O) groups excluding carboxylic acids is 2. The number of amides is 2. The molecular formula is C16H23N3O2. The first-order chi connectivity index (χ1) is 10.1. The highest BCUT2D eigenvalue weighted by Gasteiger charge is 2.25. The third-order valence-electron chi connectivity index (χ3n) is 3.84. The SMILES string of the molecule is CC(NC(=O)[C@@H](N)c1ccccc1)C(=O)N1CCCCC1. The lowest BCUT2D eigenvalue weighted by Crippen LogP contribution is -2.50. The molecule has 3 N–H and O–H groups in total. The summed E-state index contributed by atoms with van der Waals surface area (Å²) in [6.07, 6.45) is 3.25. The highest BCUT2D eigenvalue weighted by molar-refractivity contribution is 5.90. The summed E-state index contributed by atoms with van der Waals surface area (Å²) in [5.74, 6) is -0.345. The molecule has 0 saturated carbocycles. The number of nitrogens with two attached hydrogens (primary N) is 1. The normalized spacial score (nSPS) is 17.9. The van der Waals surface area contributed by atoms with Crippen molar-refractivity contribution < 1.29 is 9.59 Å². The molecule has 2 rings (SSSR count). The van der Waals surface area contributed by atoms with Crippen LogP contribution in [0.2, 0.25) is 0 Å². The van der Waals surface area contributed by atoms with Crippen LogP contribution in [0.15, 0.2) is 30.3 Å². The van der Waals surface area contributed by atoms with Crippen LogP contribution in [-0.2, 0) is 9.59 Å². The summed E-state index contributed by atoms with van der Waals surface area (Å²) < 4.78 is 0. The van der Waals surface area contributed by atoms with Crippen LogP contribution in [0.1, 0.15) is 37.8 Å². The molecule has 1 unspecified atom stereocenters. The first-order valence-corrected chi connectivity index (χ1v) is 7.49. The van der Waals surface area contributed by atoms with E-state index in [1.54, 1.807) is 19.1 Å². The summed E-state index contributed by atoms with van der Waals surface area (Å²) in [5.41, 5.74) is 6.67. The second kappa shape index (κ2) is 7.22. The molecule has 0 aromatic heterocycles. The molecule has 1 aromatic carbocycles. The summed E-state index contributed by atoms with van der Waals surface area (Å²) in [6.45, 7) is 3.28. The van der Waals surface area contributed by atoms with Crippen LogP contribution in [0, 0.1) is 0 Å². The monoisotopic (exact) mass is 289 g/mol. The molecule has 0 radical (unpaired) electrons. The Balaban J connectivity index is 1.90. The van der Waals surface area contributed by atoms with Gasteiger partial charge in [0.05, 0.1) is 0 Å². The van der Waals surface area contributed by atoms with Gasteiger partial charge in [-0.3, -0.25) is 9.59 Å². The van der Waals surface area contributed by atoms with Crippen LogP contribution < -0.4 is 11.1 Å². The van der Waals surface area contributed by atoms with Gasteiger partial charge in [0.1, 0.15) is 12.1 Å². The van der Waals surface area contributed by atoms with Gasteiger partial charge in [-0.05, 0) is 31.7 Å². The van der Waals surface area contributed by atoms with Gasteiger partial charge in [0, 0.05) is 13.1 Å². The lowest BCUT2D eigenvalue weighted by Gasteiger charge is -2.29. The number of nitrogens with one attached hydrogen (secondary N) is 1. The predicted octanol–water partition coefficient (Wildman–Crippen LogP) is 1.20. The highest BCUT2D eigenvalue weighted by atomic mass is 16.2. The molecule has 1 heterocycles. The maximum absolute atomic E-state index is 12.3. The van der Waals surface area contributed by atoms with Crippen LogP contribution in [0.3, 0.4) is 0 Å². The fourth-order valence-corrected chi connectivity index (χ4v) is 2.56. The second-order valence-corrected chi connectivity index (χ2v) is 5.50.